The van der Waals surface area contributed by atoms with E-state index in [1.54, 1.807) is 24.3 Å². The Morgan fingerprint density at radius 2 is 2.00 bits per heavy atom. The highest BCUT2D eigenvalue weighted by Gasteiger charge is 2.10. The van der Waals surface area contributed by atoms with Gasteiger partial charge in [0.05, 0.1) is 17.9 Å². The first-order valence-electron chi connectivity index (χ1n) is 5.50. The van der Waals surface area contributed by atoms with Crippen LogP contribution >= 0.6 is 0 Å². The number of carbonyl (C=O) groups excluding carboxylic acids is 1. The lowest BCUT2D eigenvalue weighted by Gasteiger charge is -2.06. The molecule has 0 aliphatic carbocycles. The van der Waals surface area contributed by atoms with Crippen molar-refractivity contribution in [1.29, 1.82) is 0 Å². The van der Waals surface area contributed by atoms with Crippen LogP contribution in [0.2, 0.25) is 0 Å². The first-order chi connectivity index (χ1) is 8.94. The Hall–Kier alpha value is -1.88. The molecule has 0 radical (unpaired) electrons. The highest BCUT2D eigenvalue weighted by atomic mass is 32.2. The molecule has 0 fully saturated rings. The van der Waals surface area contributed by atoms with Gasteiger partial charge in [0.2, 0.25) is 10.0 Å². The minimum Gasteiger partial charge on any atom is -0.351 e. The summed E-state index contributed by atoms with van der Waals surface area (Å²) < 4.78 is 21.5. The van der Waals surface area contributed by atoms with E-state index in [-0.39, 0.29) is 18.8 Å². The van der Waals surface area contributed by atoms with E-state index >= 15 is 0 Å². The van der Waals surface area contributed by atoms with E-state index in [0.29, 0.717) is 11.1 Å². The number of primary sulfonamides is 1. The molecular weight excluding hydrogens is 266 g/mol. The van der Waals surface area contributed by atoms with Crippen molar-refractivity contribution in [2.75, 3.05) is 18.8 Å². The molecule has 1 aromatic carbocycles. The Labute approximate surface area is 112 Å². The van der Waals surface area contributed by atoms with Crippen molar-refractivity contribution >= 4 is 15.9 Å². The molecule has 0 saturated carbocycles. The van der Waals surface area contributed by atoms with Crippen molar-refractivity contribution < 1.29 is 13.2 Å². The molecule has 0 aromatic heterocycles. The van der Waals surface area contributed by atoms with Crippen LogP contribution in [0.25, 0.3) is 0 Å². The summed E-state index contributed by atoms with van der Waals surface area (Å²) in [6.45, 7) is 0.150. The van der Waals surface area contributed by atoms with Crippen LogP contribution in [-0.2, 0) is 10.0 Å². The molecule has 0 saturated heterocycles. The largest absolute Gasteiger partial charge is 0.351 e. The normalized spacial score (nSPS) is 10.4. The van der Waals surface area contributed by atoms with Crippen LogP contribution < -0.4 is 16.2 Å². The summed E-state index contributed by atoms with van der Waals surface area (Å²) in [5, 5.41) is 7.32. The minimum atomic E-state index is -3.59. The number of nitrogens with one attached hydrogen (secondary N) is 1. The van der Waals surface area contributed by atoms with Crippen molar-refractivity contribution in [2.45, 2.75) is 0 Å². The van der Waals surface area contributed by atoms with Gasteiger partial charge in [0.15, 0.2) is 0 Å². The van der Waals surface area contributed by atoms with E-state index < -0.39 is 15.9 Å². The second kappa shape index (κ2) is 6.89. The van der Waals surface area contributed by atoms with Gasteiger partial charge in [-0.05, 0) is 12.1 Å². The molecule has 0 aliphatic rings. The molecule has 5 N–H and O–H groups in total. The lowest BCUT2D eigenvalue weighted by atomic mass is 10.1. The molecule has 0 unspecified atom stereocenters. The lowest BCUT2D eigenvalue weighted by molar-refractivity contribution is 0.0956. The maximum Gasteiger partial charge on any atom is 0.252 e. The number of hydrogen-bond acceptors (Lipinski definition) is 4. The summed E-state index contributed by atoms with van der Waals surface area (Å²) in [5.74, 6) is 4.74. The summed E-state index contributed by atoms with van der Waals surface area (Å²) in [6, 6.07) is 6.74. The Morgan fingerprint density at radius 3 is 2.63 bits per heavy atom. The van der Waals surface area contributed by atoms with Crippen LogP contribution in [0.4, 0.5) is 0 Å². The van der Waals surface area contributed by atoms with Gasteiger partial charge in [-0.1, -0.05) is 24.0 Å². The molecule has 0 atom stereocenters. The highest BCUT2D eigenvalue weighted by Crippen LogP contribution is 2.06. The predicted molar refractivity (Wildman–Crippen MR) is 72.7 cm³/mol. The van der Waals surface area contributed by atoms with E-state index in [2.05, 4.69) is 17.2 Å². The second-order valence-electron chi connectivity index (χ2n) is 3.67. The average Bonchev–Trinajstić information content (AvgIpc) is 2.35. The first-order valence-corrected chi connectivity index (χ1v) is 7.22. The van der Waals surface area contributed by atoms with Crippen molar-refractivity contribution in [1.82, 2.24) is 5.32 Å². The Bertz CT molecular complexity index is 615. The van der Waals surface area contributed by atoms with Gasteiger partial charge >= 0.3 is 0 Å². The summed E-state index contributed by atoms with van der Waals surface area (Å²) >= 11 is 0. The zero-order chi connectivity index (χ0) is 14.3. The first kappa shape index (κ1) is 15.2. The summed E-state index contributed by atoms with van der Waals surface area (Å²) in [6.07, 6.45) is 0. The van der Waals surface area contributed by atoms with Gasteiger partial charge in [-0.2, -0.15) is 0 Å². The van der Waals surface area contributed by atoms with E-state index in [4.69, 9.17) is 10.9 Å². The molecule has 1 aromatic rings. The van der Waals surface area contributed by atoms with Crippen molar-refractivity contribution in [3.05, 3.63) is 35.4 Å². The van der Waals surface area contributed by atoms with E-state index in [0.717, 1.165) is 0 Å². The molecule has 1 rings (SSSR count). The maximum absolute atomic E-state index is 11.9. The van der Waals surface area contributed by atoms with Gasteiger partial charge in [0, 0.05) is 12.1 Å². The number of benzene rings is 1. The van der Waals surface area contributed by atoms with E-state index in [1.807, 2.05) is 0 Å². The summed E-state index contributed by atoms with van der Waals surface area (Å²) in [4.78, 5) is 11.9. The third-order valence-electron chi connectivity index (χ3n) is 2.17. The summed E-state index contributed by atoms with van der Waals surface area (Å²) in [7, 11) is -3.59. The van der Waals surface area contributed by atoms with Crippen LogP contribution in [0.15, 0.2) is 24.3 Å². The van der Waals surface area contributed by atoms with Crippen LogP contribution in [0.3, 0.4) is 0 Å². The Kier molecular flexibility index (Phi) is 5.51. The number of carbonyl (C=O) groups is 1. The highest BCUT2D eigenvalue weighted by molar-refractivity contribution is 7.89. The average molecular weight is 281 g/mol. The monoisotopic (exact) mass is 281 g/mol. The van der Waals surface area contributed by atoms with Crippen LogP contribution in [0, 0.1) is 11.8 Å². The fraction of sp³-hybridized carbons (Fsp3) is 0.250. The lowest BCUT2D eigenvalue weighted by Crippen LogP contribution is -2.31. The van der Waals surface area contributed by atoms with Gasteiger partial charge in [-0.15, -0.1) is 0 Å². The molecule has 0 spiro atoms. The van der Waals surface area contributed by atoms with Crippen LogP contribution in [0.1, 0.15) is 15.9 Å². The van der Waals surface area contributed by atoms with Gasteiger partial charge in [-0.3, -0.25) is 4.79 Å². The third-order valence-corrected chi connectivity index (χ3v) is 2.94. The fourth-order valence-corrected chi connectivity index (χ4v) is 1.73. The van der Waals surface area contributed by atoms with Crippen molar-refractivity contribution in [3.8, 4) is 11.8 Å². The molecule has 7 heteroatoms. The SMILES string of the molecule is NCC#Cc1ccccc1C(=O)NCCS(N)(=O)=O. The van der Waals surface area contributed by atoms with Gasteiger partial charge in [0.25, 0.3) is 5.91 Å². The molecule has 0 aliphatic heterocycles. The molecule has 19 heavy (non-hydrogen) atoms. The smallest absolute Gasteiger partial charge is 0.252 e. The minimum absolute atomic E-state index is 0.0453. The standard InChI is InChI=1S/C12H15N3O3S/c13-7-3-5-10-4-1-2-6-11(10)12(16)15-8-9-19(14,17)18/h1-2,4,6H,7-9,13H2,(H,15,16)(H2,14,17,18). The maximum atomic E-state index is 11.9. The van der Waals surface area contributed by atoms with Crippen molar-refractivity contribution in [2.24, 2.45) is 10.9 Å². The zero-order valence-electron chi connectivity index (χ0n) is 10.2. The number of hydrogen-bond donors (Lipinski definition) is 3. The predicted octanol–water partition coefficient (Wildman–Crippen LogP) is -0.985. The Balaban J connectivity index is 2.77. The molecule has 0 bridgehead atoms. The quantitative estimate of drug-likeness (QED) is 0.615. The number of nitrogens with two attached hydrogens (primary N) is 2. The molecule has 6 nitrogen and oxygen atoms in total. The van der Waals surface area contributed by atoms with Gasteiger partial charge in [0.1, 0.15) is 0 Å². The molecule has 102 valence electrons. The number of rotatable bonds is 4. The second-order valence-corrected chi connectivity index (χ2v) is 5.41. The molecule has 0 heterocycles. The van der Waals surface area contributed by atoms with E-state index in [9.17, 15) is 13.2 Å². The van der Waals surface area contributed by atoms with Gasteiger partial charge < -0.3 is 11.1 Å². The molecular formula is C12H15N3O3S. The summed E-state index contributed by atoms with van der Waals surface area (Å²) in [5.41, 5.74) is 6.19. The van der Waals surface area contributed by atoms with Crippen LogP contribution in [0.5, 0.6) is 0 Å². The van der Waals surface area contributed by atoms with Gasteiger partial charge in [-0.25, -0.2) is 13.6 Å². The van der Waals surface area contributed by atoms with Crippen LogP contribution in [-0.4, -0.2) is 33.2 Å². The molecule has 1 amide bonds. The Morgan fingerprint density at radius 1 is 1.32 bits per heavy atom. The fourth-order valence-electron chi connectivity index (χ4n) is 1.34. The third kappa shape index (κ3) is 5.52. The zero-order valence-corrected chi connectivity index (χ0v) is 11.0. The van der Waals surface area contributed by atoms with E-state index in [1.165, 1.54) is 0 Å². The van der Waals surface area contributed by atoms with Crippen molar-refractivity contribution in [3.63, 3.8) is 0 Å². The number of sulfonamides is 1. The number of amides is 1. The topological polar surface area (TPSA) is 115 Å².